The van der Waals surface area contributed by atoms with Crippen molar-refractivity contribution in [1.82, 2.24) is 5.32 Å². The van der Waals surface area contributed by atoms with Crippen molar-refractivity contribution in [2.24, 2.45) is 23.2 Å². The molecule has 4 bridgehead atoms. The van der Waals surface area contributed by atoms with Crippen LogP contribution >= 0.6 is 15.9 Å². The lowest BCUT2D eigenvalue weighted by Crippen LogP contribution is -2.58. The molecule has 140 valence electrons. The molecule has 0 spiro atoms. The maximum absolute atomic E-state index is 13.5. The highest BCUT2D eigenvalue weighted by Gasteiger charge is 2.60. The van der Waals surface area contributed by atoms with Crippen molar-refractivity contribution in [2.45, 2.75) is 61.7 Å². The van der Waals surface area contributed by atoms with E-state index in [1.54, 1.807) is 7.11 Å². The standard InChI is InChI=1S/C22H28BrNO2/c1-26-18-6-4-17(5-7-18)19(16-2-3-16)24-20(25)21-9-14-8-15(10-21)12-22(23,11-14)13-21/h4-7,14-16,19H,2-3,8-13H2,1H3,(H,24,25). The first-order valence-electron chi connectivity index (χ1n) is 10.1. The number of hydrogen-bond donors (Lipinski definition) is 1. The highest BCUT2D eigenvalue weighted by molar-refractivity contribution is 9.10. The Bertz CT molecular complexity index is 697. The molecule has 0 aromatic heterocycles. The zero-order valence-corrected chi connectivity index (χ0v) is 17.1. The highest BCUT2D eigenvalue weighted by Crippen LogP contribution is 2.64. The number of halogens is 1. The minimum atomic E-state index is -0.132. The molecule has 5 aliphatic carbocycles. The van der Waals surface area contributed by atoms with Gasteiger partial charge in [-0.1, -0.05) is 28.1 Å². The summed E-state index contributed by atoms with van der Waals surface area (Å²) in [6, 6.07) is 8.42. The van der Waals surface area contributed by atoms with E-state index in [2.05, 4.69) is 33.4 Å². The lowest BCUT2D eigenvalue weighted by Gasteiger charge is -2.59. The highest BCUT2D eigenvalue weighted by atomic mass is 79.9. The Kier molecular flexibility index (Phi) is 3.93. The van der Waals surface area contributed by atoms with E-state index in [9.17, 15) is 4.79 Å². The van der Waals surface area contributed by atoms with Gasteiger partial charge in [0, 0.05) is 4.32 Å². The third-order valence-corrected chi connectivity index (χ3v) is 8.25. The number of rotatable bonds is 5. The summed E-state index contributed by atoms with van der Waals surface area (Å²) in [6.07, 6.45) is 9.54. The first-order valence-corrected chi connectivity index (χ1v) is 10.9. The molecule has 3 atom stereocenters. The molecule has 1 aromatic rings. The van der Waals surface area contributed by atoms with Crippen LogP contribution in [0.2, 0.25) is 0 Å². The van der Waals surface area contributed by atoms with E-state index < -0.39 is 0 Å². The molecular weight excluding hydrogens is 390 g/mol. The molecule has 1 amide bonds. The van der Waals surface area contributed by atoms with Crippen LogP contribution in [0.4, 0.5) is 0 Å². The lowest BCUT2D eigenvalue weighted by molar-refractivity contribution is -0.145. The third kappa shape index (κ3) is 2.89. The van der Waals surface area contributed by atoms with Crippen molar-refractivity contribution in [3.63, 3.8) is 0 Å². The Morgan fingerprint density at radius 1 is 1.15 bits per heavy atom. The third-order valence-electron chi connectivity index (χ3n) is 7.33. The average molecular weight is 418 g/mol. The molecule has 5 aliphatic rings. The topological polar surface area (TPSA) is 38.3 Å². The molecule has 3 nitrogen and oxygen atoms in total. The second kappa shape index (κ2) is 5.98. The number of nitrogens with one attached hydrogen (secondary N) is 1. The van der Waals surface area contributed by atoms with Crippen molar-refractivity contribution < 1.29 is 9.53 Å². The van der Waals surface area contributed by atoms with Gasteiger partial charge in [-0.25, -0.2) is 0 Å². The van der Waals surface area contributed by atoms with E-state index in [-0.39, 0.29) is 15.8 Å². The van der Waals surface area contributed by atoms with Crippen molar-refractivity contribution >= 4 is 21.8 Å². The number of hydrogen-bond acceptors (Lipinski definition) is 2. The molecule has 5 saturated carbocycles. The van der Waals surface area contributed by atoms with Crippen LogP contribution in [-0.4, -0.2) is 17.3 Å². The predicted molar refractivity (Wildman–Crippen MR) is 105 cm³/mol. The van der Waals surface area contributed by atoms with Crippen molar-refractivity contribution in [3.8, 4) is 5.75 Å². The largest absolute Gasteiger partial charge is 0.497 e. The molecule has 0 saturated heterocycles. The summed E-state index contributed by atoms with van der Waals surface area (Å²) in [6.45, 7) is 0. The summed E-state index contributed by atoms with van der Waals surface area (Å²) in [5.74, 6) is 3.27. The Hall–Kier alpha value is -1.03. The van der Waals surface area contributed by atoms with Gasteiger partial charge >= 0.3 is 0 Å². The number of alkyl halides is 1. The second-order valence-corrected chi connectivity index (χ2v) is 11.1. The van der Waals surface area contributed by atoms with Gasteiger partial charge in [-0.15, -0.1) is 0 Å². The first-order chi connectivity index (χ1) is 12.5. The van der Waals surface area contributed by atoms with Crippen LogP contribution < -0.4 is 10.1 Å². The van der Waals surface area contributed by atoms with Crippen molar-refractivity contribution in [1.29, 1.82) is 0 Å². The van der Waals surface area contributed by atoms with Crippen molar-refractivity contribution in [2.75, 3.05) is 7.11 Å². The van der Waals surface area contributed by atoms with Gasteiger partial charge in [0.1, 0.15) is 5.75 Å². The summed E-state index contributed by atoms with van der Waals surface area (Å²) >= 11 is 4.04. The predicted octanol–water partition coefficient (Wildman–Crippen LogP) is 5.00. The average Bonchev–Trinajstić information content (AvgIpc) is 3.42. The molecule has 3 unspecified atom stereocenters. The molecular formula is C22H28BrNO2. The Balaban J connectivity index is 1.38. The van der Waals surface area contributed by atoms with Crippen LogP contribution in [0.15, 0.2) is 24.3 Å². The molecule has 5 fully saturated rings. The molecule has 4 heteroatoms. The normalized spacial score (nSPS) is 38.8. The van der Waals surface area contributed by atoms with E-state index in [4.69, 9.17) is 4.74 Å². The van der Waals surface area contributed by atoms with Crippen LogP contribution in [0.3, 0.4) is 0 Å². The fourth-order valence-electron chi connectivity index (χ4n) is 6.42. The number of carbonyl (C=O) groups is 1. The van der Waals surface area contributed by atoms with Crippen LogP contribution in [0, 0.1) is 23.2 Å². The zero-order valence-electron chi connectivity index (χ0n) is 15.5. The minimum Gasteiger partial charge on any atom is -0.497 e. The Morgan fingerprint density at radius 3 is 2.35 bits per heavy atom. The number of methoxy groups -OCH3 is 1. The molecule has 26 heavy (non-hydrogen) atoms. The summed E-state index contributed by atoms with van der Waals surface area (Å²) in [5.41, 5.74) is 1.09. The van der Waals surface area contributed by atoms with Gasteiger partial charge in [-0.05, 0) is 86.8 Å². The monoisotopic (exact) mass is 417 g/mol. The summed E-state index contributed by atoms with van der Waals surface area (Å²) in [4.78, 5) is 13.5. The SMILES string of the molecule is COc1ccc(C(NC(=O)C23CC4CC(CC(Br)(C4)C2)C3)C2CC2)cc1. The molecule has 1 aromatic carbocycles. The fourth-order valence-corrected chi connectivity index (χ4v) is 7.88. The maximum atomic E-state index is 13.5. The van der Waals surface area contributed by atoms with Gasteiger partial charge in [-0.2, -0.15) is 0 Å². The Labute approximate surface area is 164 Å². The molecule has 0 aliphatic heterocycles. The van der Waals surface area contributed by atoms with E-state index >= 15 is 0 Å². The lowest BCUT2D eigenvalue weighted by atomic mass is 9.49. The molecule has 0 heterocycles. The zero-order chi connectivity index (χ0) is 17.9. The summed E-state index contributed by atoms with van der Waals surface area (Å²) < 4.78 is 5.52. The number of ether oxygens (including phenoxy) is 1. The number of carbonyl (C=O) groups excluding carboxylic acids is 1. The van der Waals surface area contributed by atoms with E-state index in [1.165, 1.54) is 37.7 Å². The number of amides is 1. The van der Waals surface area contributed by atoms with Crippen molar-refractivity contribution in [3.05, 3.63) is 29.8 Å². The van der Waals surface area contributed by atoms with Gasteiger partial charge in [-0.3, -0.25) is 4.79 Å². The molecule has 6 rings (SSSR count). The fraction of sp³-hybridized carbons (Fsp3) is 0.682. The van der Waals surface area contributed by atoms with Crippen LogP contribution in [0.5, 0.6) is 5.75 Å². The molecule has 1 N–H and O–H groups in total. The van der Waals surface area contributed by atoms with Crippen LogP contribution in [-0.2, 0) is 4.79 Å². The second-order valence-electron chi connectivity index (χ2n) is 9.45. The van der Waals surface area contributed by atoms with Gasteiger partial charge in [0.25, 0.3) is 0 Å². The van der Waals surface area contributed by atoms with Gasteiger partial charge in [0.05, 0.1) is 18.6 Å². The molecule has 0 radical (unpaired) electrons. The van der Waals surface area contributed by atoms with Gasteiger partial charge in [0.15, 0.2) is 0 Å². The van der Waals surface area contributed by atoms with E-state index in [0.717, 1.165) is 36.8 Å². The Morgan fingerprint density at radius 2 is 1.81 bits per heavy atom. The minimum absolute atomic E-state index is 0.132. The first kappa shape index (κ1) is 17.1. The van der Waals surface area contributed by atoms with E-state index in [1.807, 2.05) is 12.1 Å². The van der Waals surface area contributed by atoms with Crippen LogP contribution in [0.25, 0.3) is 0 Å². The quantitative estimate of drug-likeness (QED) is 0.684. The maximum Gasteiger partial charge on any atom is 0.226 e. The van der Waals surface area contributed by atoms with Gasteiger partial charge in [0.2, 0.25) is 5.91 Å². The summed E-state index contributed by atoms with van der Waals surface area (Å²) in [5, 5.41) is 3.51. The van der Waals surface area contributed by atoms with Crippen LogP contribution in [0.1, 0.15) is 63.0 Å². The summed E-state index contributed by atoms with van der Waals surface area (Å²) in [7, 11) is 1.69. The van der Waals surface area contributed by atoms with Gasteiger partial charge < -0.3 is 10.1 Å². The number of benzene rings is 1. The van der Waals surface area contributed by atoms with E-state index in [0.29, 0.717) is 11.8 Å². The smallest absolute Gasteiger partial charge is 0.226 e.